The number of carbonyl (C=O) groups is 1. The van der Waals surface area contributed by atoms with E-state index in [-0.39, 0.29) is 12.0 Å². The molecule has 1 aromatic heterocycles. The van der Waals surface area contributed by atoms with Crippen LogP contribution in [0.25, 0.3) is 0 Å². The molecule has 144 valence electrons. The van der Waals surface area contributed by atoms with Crippen LogP contribution in [0.15, 0.2) is 42.6 Å². The van der Waals surface area contributed by atoms with Crippen LogP contribution in [0.1, 0.15) is 62.7 Å². The maximum atomic E-state index is 12.7. The van der Waals surface area contributed by atoms with Crippen molar-refractivity contribution in [3.05, 3.63) is 48.2 Å². The van der Waals surface area contributed by atoms with Crippen molar-refractivity contribution < 1.29 is 9.53 Å². The van der Waals surface area contributed by atoms with Gasteiger partial charge in [-0.15, -0.1) is 0 Å². The van der Waals surface area contributed by atoms with Crippen molar-refractivity contribution in [2.24, 2.45) is 0 Å². The van der Waals surface area contributed by atoms with E-state index in [0.717, 1.165) is 18.7 Å². The quantitative estimate of drug-likeness (QED) is 0.684. The highest BCUT2D eigenvalue weighted by atomic mass is 16.5. The van der Waals surface area contributed by atoms with Crippen molar-refractivity contribution in [2.45, 2.75) is 64.5 Å². The number of nitrogens with zero attached hydrogens (tertiary/aromatic N) is 1. The van der Waals surface area contributed by atoms with Gasteiger partial charge in [0.25, 0.3) is 5.91 Å². The minimum absolute atomic E-state index is 0.0411. The zero-order chi connectivity index (χ0) is 19.1. The Morgan fingerprint density at radius 1 is 1.11 bits per heavy atom. The van der Waals surface area contributed by atoms with Crippen molar-refractivity contribution in [2.75, 3.05) is 10.6 Å². The molecule has 1 aliphatic carbocycles. The predicted octanol–water partition coefficient (Wildman–Crippen LogP) is 5.26. The Balaban J connectivity index is 1.68. The first-order valence-electron chi connectivity index (χ1n) is 9.91. The van der Waals surface area contributed by atoms with E-state index in [1.807, 2.05) is 44.2 Å². The fraction of sp³-hybridized carbons (Fsp3) is 0.455. The third-order valence-electron chi connectivity index (χ3n) is 4.73. The molecule has 0 spiro atoms. The van der Waals surface area contributed by atoms with E-state index >= 15 is 0 Å². The molecule has 2 N–H and O–H groups in total. The topological polar surface area (TPSA) is 63.2 Å². The van der Waals surface area contributed by atoms with E-state index in [1.165, 1.54) is 25.7 Å². The first-order valence-corrected chi connectivity index (χ1v) is 9.91. The maximum absolute atomic E-state index is 12.7. The van der Waals surface area contributed by atoms with Gasteiger partial charge in [-0.25, -0.2) is 4.98 Å². The first kappa shape index (κ1) is 19.2. The van der Waals surface area contributed by atoms with Crippen LogP contribution in [-0.2, 0) is 0 Å². The Morgan fingerprint density at radius 3 is 2.59 bits per heavy atom. The number of pyridine rings is 1. The lowest BCUT2D eigenvalue weighted by molar-refractivity contribution is 0.102. The molecule has 1 heterocycles. The number of hydrogen-bond acceptors (Lipinski definition) is 4. The summed E-state index contributed by atoms with van der Waals surface area (Å²) in [6.07, 6.45) is 9.19. The summed E-state index contributed by atoms with van der Waals surface area (Å²) in [5.74, 6) is 1.27. The molecule has 1 saturated carbocycles. The van der Waals surface area contributed by atoms with Crippen molar-refractivity contribution >= 4 is 17.4 Å². The number of hydrogen-bond donors (Lipinski definition) is 2. The molecular weight excluding hydrogens is 338 g/mol. The zero-order valence-electron chi connectivity index (χ0n) is 16.2. The van der Waals surface area contributed by atoms with Crippen LogP contribution in [0.4, 0.5) is 11.5 Å². The van der Waals surface area contributed by atoms with Gasteiger partial charge < -0.3 is 15.4 Å². The molecule has 1 fully saturated rings. The number of amides is 1. The second-order valence-corrected chi connectivity index (χ2v) is 7.38. The van der Waals surface area contributed by atoms with E-state index in [9.17, 15) is 4.79 Å². The monoisotopic (exact) mass is 367 g/mol. The zero-order valence-corrected chi connectivity index (χ0v) is 16.2. The van der Waals surface area contributed by atoms with Gasteiger partial charge in [-0.05, 0) is 51.0 Å². The molecule has 0 unspecified atom stereocenters. The lowest BCUT2D eigenvalue weighted by atomic mass is 10.1. The lowest BCUT2D eigenvalue weighted by Gasteiger charge is -2.17. The van der Waals surface area contributed by atoms with Crippen LogP contribution in [0.3, 0.4) is 0 Å². The van der Waals surface area contributed by atoms with E-state index in [0.29, 0.717) is 23.0 Å². The molecule has 0 radical (unpaired) electrons. The van der Waals surface area contributed by atoms with Crippen LogP contribution >= 0.6 is 0 Å². The third kappa shape index (κ3) is 5.71. The van der Waals surface area contributed by atoms with Gasteiger partial charge in [0.05, 0.1) is 11.8 Å². The second kappa shape index (κ2) is 9.40. The van der Waals surface area contributed by atoms with Gasteiger partial charge in [0.15, 0.2) is 0 Å². The Labute approximate surface area is 161 Å². The van der Waals surface area contributed by atoms with Crippen LogP contribution < -0.4 is 15.4 Å². The maximum Gasteiger partial charge on any atom is 0.255 e. The number of nitrogens with one attached hydrogen (secondary N) is 2. The summed E-state index contributed by atoms with van der Waals surface area (Å²) in [6.45, 7) is 3.93. The van der Waals surface area contributed by atoms with Gasteiger partial charge >= 0.3 is 0 Å². The van der Waals surface area contributed by atoms with Gasteiger partial charge in [0.1, 0.15) is 11.6 Å². The Bertz CT molecular complexity index is 753. The minimum Gasteiger partial charge on any atom is -0.489 e. The predicted molar refractivity (Wildman–Crippen MR) is 110 cm³/mol. The van der Waals surface area contributed by atoms with Crippen LogP contribution in [0.5, 0.6) is 5.75 Å². The Kier molecular flexibility index (Phi) is 6.69. The average Bonchev–Trinajstić information content (AvgIpc) is 2.92. The number of anilines is 2. The molecule has 27 heavy (non-hydrogen) atoms. The van der Waals surface area contributed by atoms with Crippen LogP contribution in [0, 0.1) is 0 Å². The van der Waals surface area contributed by atoms with Gasteiger partial charge in [-0.2, -0.15) is 0 Å². The van der Waals surface area contributed by atoms with Crippen LogP contribution in [0.2, 0.25) is 0 Å². The molecule has 1 aliphatic rings. The number of carbonyl (C=O) groups excluding carboxylic acids is 1. The Hall–Kier alpha value is -2.56. The summed E-state index contributed by atoms with van der Waals surface area (Å²) < 4.78 is 5.78. The summed E-state index contributed by atoms with van der Waals surface area (Å²) in [5, 5.41) is 6.46. The number of para-hydroxylation sites is 2. The molecule has 5 nitrogen and oxygen atoms in total. The van der Waals surface area contributed by atoms with Crippen LogP contribution in [-0.4, -0.2) is 23.0 Å². The average molecular weight is 367 g/mol. The van der Waals surface area contributed by atoms with Crippen molar-refractivity contribution in [3.63, 3.8) is 0 Å². The summed E-state index contributed by atoms with van der Waals surface area (Å²) >= 11 is 0. The van der Waals surface area contributed by atoms with Gasteiger partial charge in [0, 0.05) is 17.8 Å². The van der Waals surface area contributed by atoms with E-state index in [1.54, 1.807) is 12.3 Å². The molecule has 2 aromatic rings. The fourth-order valence-corrected chi connectivity index (χ4v) is 3.40. The standard InChI is InChI=1S/C22H29N3O2/c1-16(2)27-20-12-8-7-11-19(20)25-22(26)17-13-14-23-21(15-17)24-18-9-5-3-4-6-10-18/h7-8,11-16,18H,3-6,9-10H2,1-2H3,(H,23,24)(H,25,26). The second-order valence-electron chi connectivity index (χ2n) is 7.38. The van der Waals surface area contributed by atoms with Crippen molar-refractivity contribution in [3.8, 4) is 5.75 Å². The number of aromatic nitrogens is 1. The van der Waals surface area contributed by atoms with E-state index < -0.39 is 0 Å². The normalized spacial score (nSPS) is 15.2. The van der Waals surface area contributed by atoms with Gasteiger partial charge in [-0.3, -0.25) is 4.79 Å². The lowest BCUT2D eigenvalue weighted by Crippen LogP contribution is -2.20. The highest BCUT2D eigenvalue weighted by molar-refractivity contribution is 6.05. The summed E-state index contributed by atoms with van der Waals surface area (Å²) in [4.78, 5) is 17.1. The molecule has 0 bridgehead atoms. The van der Waals surface area contributed by atoms with E-state index in [2.05, 4.69) is 15.6 Å². The number of ether oxygens (including phenoxy) is 1. The minimum atomic E-state index is -0.166. The molecule has 3 rings (SSSR count). The molecular formula is C22H29N3O2. The summed E-state index contributed by atoms with van der Waals surface area (Å²) in [7, 11) is 0. The molecule has 1 aromatic carbocycles. The fourth-order valence-electron chi connectivity index (χ4n) is 3.40. The molecule has 0 saturated heterocycles. The molecule has 1 amide bonds. The SMILES string of the molecule is CC(C)Oc1ccccc1NC(=O)c1ccnc(NC2CCCCCC2)c1. The number of rotatable bonds is 6. The van der Waals surface area contributed by atoms with Crippen molar-refractivity contribution in [1.29, 1.82) is 0 Å². The Morgan fingerprint density at radius 2 is 1.85 bits per heavy atom. The third-order valence-corrected chi connectivity index (χ3v) is 4.73. The van der Waals surface area contributed by atoms with Gasteiger partial charge in [0.2, 0.25) is 0 Å². The highest BCUT2D eigenvalue weighted by Crippen LogP contribution is 2.26. The number of benzene rings is 1. The van der Waals surface area contributed by atoms with Gasteiger partial charge in [-0.1, -0.05) is 37.8 Å². The molecule has 0 atom stereocenters. The summed E-state index contributed by atoms with van der Waals surface area (Å²) in [5.41, 5.74) is 1.26. The molecule has 5 heteroatoms. The highest BCUT2D eigenvalue weighted by Gasteiger charge is 2.15. The van der Waals surface area contributed by atoms with E-state index in [4.69, 9.17) is 4.74 Å². The smallest absolute Gasteiger partial charge is 0.255 e. The molecule has 0 aliphatic heterocycles. The first-order chi connectivity index (χ1) is 13.1. The summed E-state index contributed by atoms with van der Waals surface area (Å²) in [6, 6.07) is 11.5. The van der Waals surface area contributed by atoms with Crippen molar-refractivity contribution in [1.82, 2.24) is 4.98 Å². The largest absolute Gasteiger partial charge is 0.489 e.